The molecule has 3 N–H and O–H groups in total. The predicted octanol–water partition coefficient (Wildman–Crippen LogP) is 2.14. The lowest BCUT2D eigenvalue weighted by Gasteiger charge is -2.15. The van der Waals surface area contributed by atoms with Crippen molar-refractivity contribution in [1.29, 1.82) is 0 Å². The van der Waals surface area contributed by atoms with Crippen LogP contribution in [0.1, 0.15) is 13.3 Å². The van der Waals surface area contributed by atoms with E-state index in [9.17, 15) is 5.21 Å². The van der Waals surface area contributed by atoms with Gasteiger partial charge in [-0.25, -0.2) is 0 Å². The predicted molar refractivity (Wildman–Crippen MR) is 62.0 cm³/mol. The van der Waals surface area contributed by atoms with Crippen molar-refractivity contribution >= 4 is 17.6 Å². The number of rotatable bonds is 5. The van der Waals surface area contributed by atoms with Crippen LogP contribution < -0.4 is 10.7 Å². The van der Waals surface area contributed by atoms with Gasteiger partial charge in [-0.2, -0.15) is 0 Å². The van der Waals surface area contributed by atoms with E-state index >= 15 is 0 Å². The second-order valence-corrected chi connectivity index (χ2v) is 2.90. The third-order valence-corrected chi connectivity index (χ3v) is 1.79. The molecule has 0 atom stereocenters. The van der Waals surface area contributed by atoms with Crippen LogP contribution in [0.5, 0.6) is 0 Å². The fourth-order valence-electron chi connectivity index (χ4n) is 1.09. The summed E-state index contributed by atoms with van der Waals surface area (Å²) in [5, 5.41) is 16.8. The van der Waals surface area contributed by atoms with Crippen LogP contribution in [0.3, 0.4) is 0 Å². The summed E-state index contributed by atoms with van der Waals surface area (Å²) in [6, 6.07) is 7.53. The maximum Gasteiger partial charge on any atom is 0.0813 e. The van der Waals surface area contributed by atoms with Gasteiger partial charge in [-0.05, 0) is 18.6 Å². The van der Waals surface area contributed by atoms with Crippen LogP contribution in [-0.2, 0) is 0 Å². The van der Waals surface area contributed by atoms with Crippen LogP contribution >= 0.6 is 0 Å². The van der Waals surface area contributed by atoms with Gasteiger partial charge < -0.3 is 5.32 Å². The number of nitrogens with zero attached hydrogens (tertiary/aromatic N) is 2. The lowest BCUT2D eigenvalue weighted by atomic mass is 10.3. The first-order valence-electron chi connectivity index (χ1n) is 4.82. The van der Waals surface area contributed by atoms with Crippen LogP contribution in [0, 0.1) is 0 Å². The molecule has 0 saturated heterocycles. The Balaban J connectivity index is 2.67. The van der Waals surface area contributed by atoms with Crippen LogP contribution in [0.4, 0.5) is 11.4 Å². The Morgan fingerprint density at radius 3 is 2.67 bits per heavy atom. The molecule has 0 unspecified atom stereocenters. The standard InChI is InChI=1S/C10H16N4O/c1-3-8-12-14(15)13-10-7-5-4-6-9(10)11-2/h4-8,11,13,15H,3H2,1-2H3/b12-8-. The molecule has 82 valence electrons. The minimum absolute atomic E-state index is 0.694. The summed E-state index contributed by atoms with van der Waals surface area (Å²) in [6.07, 6.45) is 2.38. The van der Waals surface area contributed by atoms with Gasteiger partial charge in [0.25, 0.3) is 0 Å². The van der Waals surface area contributed by atoms with Crippen molar-refractivity contribution in [1.82, 2.24) is 5.28 Å². The average Bonchev–Trinajstić information content (AvgIpc) is 2.27. The molecule has 0 fully saturated rings. The van der Waals surface area contributed by atoms with Gasteiger partial charge in [-0.15, -0.1) is 5.10 Å². The first kappa shape index (κ1) is 11.3. The molecule has 0 aliphatic heterocycles. The molecular weight excluding hydrogens is 192 g/mol. The largest absolute Gasteiger partial charge is 0.386 e. The first-order valence-corrected chi connectivity index (χ1v) is 4.82. The fraction of sp³-hybridized carbons (Fsp3) is 0.300. The van der Waals surface area contributed by atoms with Gasteiger partial charge in [-0.1, -0.05) is 24.3 Å². The van der Waals surface area contributed by atoms with Crippen molar-refractivity contribution in [2.75, 3.05) is 17.8 Å². The second kappa shape index (κ2) is 5.87. The van der Waals surface area contributed by atoms with E-state index in [1.807, 2.05) is 38.2 Å². The van der Waals surface area contributed by atoms with Crippen molar-refractivity contribution < 1.29 is 5.21 Å². The number of benzene rings is 1. The molecule has 0 amide bonds. The Morgan fingerprint density at radius 2 is 2.07 bits per heavy atom. The van der Waals surface area contributed by atoms with E-state index < -0.39 is 0 Å². The maximum atomic E-state index is 9.35. The zero-order chi connectivity index (χ0) is 11.1. The fourth-order valence-corrected chi connectivity index (χ4v) is 1.09. The van der Waals surface area contributed by atoms with Crippen LogP contribution in [0.2, 0.25) is 0 Å². The molecule has 0 spiro atoms. The van der Waals surface area contributed by atoms with Crippen LogP contribution in [0.25, 0.3) is 0 Å². The summed E-state index contributed by atoms with van der Waals surface area (Å²) in [5.41, 5.74) is 4.38. The quantitative estimate of drug-likeness (QED) is 0.512. The summed E-state index contributed by atoms with van der Waals surface area (Å²) < 4.78 is 0. The van der Waals surface area contributed by atoms with E-state index in [2.05, 4.69) is 15.8 Å². The number of hydrazone groups is 1. The minimum Gasteiger partial charge on any atom is -0.386 e. The summed E-state index contributed by atoms with van der Waals surface area (Å²) in [4.78, 5) is 0. The Labute approximate surface area is 89.3 Å². The SMILES string of the molecule is CC/C=N\N(O)Nc1ccccc1NC. The zero-order valence-electron chi connectivity index (χ0n) is 8.94. The summed E-state index contributed by atoms with van der Waals surface area (Å²) >= 11 is 0. The number of para-hydroxylation sites is 2. The molecule has 5 heteroatoms. The van der Waals surface area contributed by atoms with E-state index in [0.29, 0.717) is 5.28 Å². The van der Waals surface area contributed by atoms with E-state index in [-0.39, 0.29) is 0 Å². The van der Waals surface area contributed by atoms with Crippen molar-refractivity contribution in [3.05, 3.63) is 24.3 Å². The number of hydrogen-bond acceptors (Lipinski definition) is 5. The molecular formula is C10H16N4O. The lowest BCUT2D eigenvalue weighted by molar-refractivity contribution is -0.0634. The van der Waals surface area contributed by atoms with Gasteiger partial charge in [-0.3, -0.25) is 10.6 Å². The normalized spacial score (nSPS) is 10.3. The van der Waals surface area contributed by atoms with E-state index in [1.54, 1.807) is 6.21 Å². The topological polar surface area (TPSA) is 59.9 Å². The molecule has 0 radical (unpaired) electrons. The Morgan fingerprint density at radius 1 is 1.40 bits per heavy atom. The van der Waals surface area contributed by atoms with E-state index in [4.69, 9.17) is 0 Å². The smallest absolute Gasteiger partial charge is 0.0813 e. The zero-order valence-corrected chi connectivity index (χ0v) is 8.94. The molecule has 0 aliphatic carbocycles. The van der Waals surface area contributed by atoms with Gasteiger partial charge in [0.2, 0.25) is 0 Å². The van der Waals surface area contributed by atoms with Crippen LogP contribution in [0.15, 0.2) is 29.4 Å². The molecule has 0 heterocycles. The second-order valence-electron chi connectivity index (χ2n) is 2.90. The number of hydrazine groups is 1. The maximum absolute atomic E-state index is 9.35. The third-order valence-electron chi connectivity index (χ3n) is 1.79. The highest BCUT2D eigenvalue weighted by atomic mass is 16.6. The van der Waals surface area contributed by atoms with Crippen LogP contribution in [-0.4, -0.2) is 23.8 Å². The molecule has 1 aromatic rings. The van der Waals surface area contributed by atoms with Crippen molar-refractivity contribution in [3.8, 4) is 0 Å². The summed E-state index contributed by atoms with van der Waals surface area (Å²) in [7, 11) is 1.82. The average molecular weight is 208 g/mol. The first-order chi connectivity index (χ1) is 7.27. The van der Waals surface area contributed by atoms with Crippen molar-refractivity contribution in [2.24, 2.45) is 5.10 Å². The minimum atomic E-state index is 0.694. The molecule has 0 aliphatic rings. The number of anilines is 2. The Bertz CT molecular complexity index is 327. The van der Waals surface area contributed by atoms with Gasteiger partial charge in [0.05, 0.1) is 11.4 Å². The Kier molecular flexibility index (Phi) is 4.43. The molecule has 0 bridgehead atoms. The summed E-state index contributed by atoms with van der Waals surface area (Å²) in [6.45, 7) is 1.94. The van der Waals surface area contributed by atoms with E-state index in [1.165, 1.54) is 0 Å². The monoisotopic (exact) mass is 208 g/mol. The lowest BCUT2D eigenvalue weighted by Crippen LogP contribution is -2.20. The highest BCUT2D eigenvalue weighted by molar-refractivity contribution is 5.67. The molecule has 5 nitrogen and oxygen atoms in total. The Hall–Kier alpha value is -1.75. The van der Waals surface area contributed by atoms with Gasteiger partial charge in [0.1, 0.15) is 0 Å². The summed E-state index contributed by atoms with van der Waals surface area (Å²) in [5.74, 6) is 0. The molecule has 1 rings (SSSR count). The highest BCUT2D eigenvalue weighted by Crippen LogP contribution is 2.20. The van der Waals surface area contributed by atoms with Crippen molar-refractivity contribution in [3.63, 3.8) is 0 Å². The molecule has 0 aromatic heterocycles. The van der Waals surface area contributed by atoms with Gasteiger partial charge >= 0.3 is 0 Å². The third kappa shape index (κ3) is 3.47. The molecule has 0 saturated carbocycles. The van der Waals surface area contributed by atoms with Gasteiger partial charge in [0.15, 0.2) is 0 Å². The van der Waals surface area contributed by atoms with E-state index in [0.717, 1.165) is 17.8 Å². The molecule has 1 aromatic carbocycles. The van der Waals surface area contributed by atoms with Gasteiger partial charge in [0, 0.05) is 13.3 Å². The number of hydrogen-bond donors (Lipinski definition) is 3. The molecule has 15 heavy (non-hydrogen) atoms. The highest BCUT2D eigenvalue weighted by Gasteiger charge is 2.00. The van der Waals surface area contributed by atoms with Crippen molar-refractivity contribution in [2.45, 2.75) is 13.3 Å². The number of nitrogens with one attached hydrogen (secondary N) is 2.